The summed E-state index contributed by atoms with van der Waals surface area (Å²) in [5, 5.41) is 84.5. The van der Waals surface area contributed by atoms with Gasteiger partial charge in [-0.05, 0) is 182 Å². The van der Waals surface area contributed by atoms with Gasteiger partial charge < -0.3 is 66.3 Å². The van der Waals surface area contributed by atoms with Gasteiger partial charge in [0.2, 0.25) is 0 Å². The zero-order valence-corrected chi connectivity index (χ0v) is 74.1. The standard InChI is InChI=1S/C32H33N3O16.6C10H8N2.3Os/c36-10-18(33-29(45)15-4-1-7-21(37)26(15)42)24(40)13-50-11-19(34-30(46)16-5-2-8-22(38)27(16)43)25(41)14-51-12-20(32(48)49)35-31(47)17-6-3-9-23(39)28(17)44;6*1-3-7-11-9(5-1)10-6-2-4-8-12-10;;;/h1-9,18-20,36-39,42-44H,10-14H2,(H,33,45)(H,34,46)(H,35,47)(H,48,49);6*1-8H;;;. The van der Waals surface area contributed by atoms with E-state index in [1.54, 1.807) is 74.4 Å². The summed E-state index contributed by atoms with van der Waals surface area (Å²) in [6.07, 6.45) is 21.2. The predicted molar refractivity (Wildman–Crippen MR) is 454 cm³/mol. The number of aromatic nitrogens is 12. The molecule has 3 unspecified atom stereocenters. The van der Waals surface area contributed by atoms with Gasteiger partial charge in [-0.2, -0.15) is 0 Å². The number of aromatic hydroxyl groups is 6. The molecule has 34 heteroatoms. The number of aliphatic carboxylic acids is 1. The first kappa shape index (κ1) is 100. The quantitative estimate of drug-likeness (QED) is 0.0250. The number of ketones is 2. The summed E-state index contributed by atoms with van der Waals surface area (Å²) >= 11 is 0. The number of hydrogen-bond acceptors (Lipinski definition) is 27. The summed E-state index contributed by atoms with van der Waals surface area (Å²) < 4.78 is 10.4. The van der Waals surface area contributed by atoms with Crippen molar-refractivity contribution < 1.29 is 138 Å². The average molecular weight is 2220 g/mol. The molecule has 0 bridgehead atoms. The zero-order valence-electron chi connectivity index (χ0n) is 66.4. The number of pyridine rings is 12. The number of aliphatic hydroxyl groups is 1. The monoisotopic (exact) mass is 2230 g/mol. The van der Waals surface area contributed by atoms with Crippen LogP contribution in [0.4, 0.5) is 0 Å². The van der Waals surface area contributed by atoms with Crippen LogP contribution in [-0.4, -0.2) is 187 Å². The fourth-order valence-corrected chi connectivity index (χ4v) is 10.4. The molecule has 3 atom stereocenters. The van der Waals surface area contributed by atoms with Gasteiger partial charge in [0.15, 0.2) is 52.1 Å². The first-order valence-corrected chi connectivity index (χ1v) is 37.4. The van der Waals surface area contributed by atoms with Crippen molar-refractivity contribution in [1.82, 2.24) is 75.8 Å². The Morgan fingerprint density at radius 3 is 0.619 bits per heavy atom. The number of nitrogens with zero attached hydrogens (tertiary/aromatic N) is 12. The van der Waals surface area contributed by atoms with Crippen LogP contribution in [0, 0.1) is 0 Å². The van der Waals surface area contributed by atoms with E-state index in [0.717, 1.165) is 105 Å². The van der Waals surface area contributed by atoms with Crippen LogP contribution in [0.25, 0.3) is 68.3 Å². The van der Waals surface area contributed by atoms with Gasteiger partial charge in [0.05, 0.1) is 105 Å². The maximum Gasteiger partial charge on any atom is 0.328 e. The van der Waals surface area contributed by atoms with E-state index in [4.69, 9.17) is 9.47 Å². The van der Waals surface area contributed by atoms with E-state index < -0.39 is 138 Å². The topological polar surface area (TPSA) is 473 Å². The molecule has 644 valence electrons. The van der Waals surface area contributed by atoms with Gasteiger partial charge in [-0.25, -0.2) is 4.79 Å². The number of Topliss-reactive ketones (excluding diaryl/α,β-unsaturated/α-hetero) is 2. The molecule has 0 aliphatic heterocycles. The van der Waals surface area contributed by atoms with Crippen LogP contribution in [0.3, 0.4) is 0 Å². The third-order valence-electron chi connectivity index (χ3n) is 16.6. The molecule has 126 heavy (non-hydrogen) atoms. The number of nitrogens with one attached hydrogen (secondary N) is 3. The number of aliphatic hydroxyl groups excluding tert-OH is 1. The number of amides is 3. The largest absolute Gasteiger partial charge is 0.504 e. The van der Waals surface area contributed by atoms with Crippen molar-refractivity contribution in [2.45, 2.75) is 18.1 Å². The number of carbonyl (C=O) groups is 6. The van der Waals surface area contributed by atoms with Crippen LogP contribution >= 0.6 is 0 Å². The molecular weight excluding hydrogens is 2140 g/mol. The number of phenols is 6. The molecule has 0 fully saturated rings. The molecule has 11 N–H and O–H groups in total. The van der Waals surface area contributed by atoms with Crippen LogP contribution < -0.4 is 16.0 Å². The Morgan fingerprint density at radius 2 is 0.437 bits per heavy atom. The molecule has 15 rings (SSSR count). The summed E-state index contributed by atoms with van der Waals surface area (Å²) in [5.41, 5.74) is 9.65. The number of carboxylic acid groups (broad SMARTS) is 1. The van der Waals surface area contributed by atoms with Gasteiger partial charge in [-0.15, -0.1) is 0 Å². The Hall–Kier alpha value is -14.7. The summed E-state index contributed by atoms with van der Waals surface area (Å²) in [6, 6.07) is 74.9. The molecule has 15 aromatic rings. The predicted octanol–water partition coefficient (Wildman–Crippen LogP) is 11.7. The van der Waals surface area contributed by atoms with Crippen LogP contribution in [0.15, 0.2) is 347 Å². The number of carboxylic acids is 1. The fourth-order valence-electron chi connectivity index (χ4n) is 10.4. The molecule has 0 aliphatic carbocycles. The normalized spacial score (nSPS) is 10.6. The SMILES string of the molecule is O=C(NC(COCC(=O)C(COCC(=O)C(CO)NC(=O)c1cccc(O)c1O)NC(=O)c1cccc(O)c1O)C(=O)O)c1cccc(O)c1O.[Os].[Os].[Os].c1ccc(-c2ccccn2)nc1.c1ccc(-c2ccccn2)nc1.c1ccc(-c2ccccn2)nc1.c1ccc(-c2ccccn2)nc1.c1ccc(-c2ccccn2)nc1.c1ccc(-c2ccccn2)nc1. The van der Waals surface area contributed by atoms with Gasteiger partial charge in [0.25, 0.3) is 17.7 Å². The molecular formula is C92H81N15O16Os3. The smallest absolute Gasteiger partial charge is 0.328 e. The van der Waals surface area contributed by atoms with E-state index >= 15 is 0 Å². The molecule has 0 spiro atoms. The second-order valence-corrected chi connectivity index (χ2v) is 25.2. The van der Waals surface area contributed by atoms with Crippen LogP contribution in [0.2, 0.25) is 0 Å². The molecule has 0 saturated carbocycles. The number of phenolic OH excluding ortho intramolecular Hbond substituents is 6. The minimum Gasteiger partial charge on any atom is -0.504 e. The van der Waals surface area contributed by atoms with E-state index in [2.05, 4.69) is 75.8 Å². The first-order valence-electron chi connectivity index (χ1n) is 37.4. The van der Waals surface area contributed by atoms with Crippen LogP contribution in [0.1, 0.15) is 31.1 Å². The average Bonchev–Trinajstić information content (AvgIpc) is 0.841. The van der Waals surface area contributed by atoms with Crippen LogP contribution in [0.5, 0.6) is 34.5 Å². The van der Waals surface area contributed by atoms with Crippen LogP contribution in [-0.2, 0) is 83.2 Å². The van der Waals surface area contributed by atoms with Gasteiger partial charge >= 0.3 is 5.97 Å². The van der Waals surface area contributed by atoms with Crippen molar-refractivity contribution >= 4 is 35.3 Å². The van der Waals surface area contributed by atoms with E-state index in [0.29, 0.717) is 0 Å². The third kappa shape index (κ3) is 32.9. The van der Waals surface area contributed by atoms with Crippen molar-refractivity contribution in [2.24, 2.45) is 0 Å². The van der Waals surface area contributed by atoms with Gasteiger partial charge in [-0.3, -0.25) is 83.8 Å². The maximum absolute atomic E-state index is 13.1. The zero-order chi connectivity index (χ0) is 87.2. The Bertz CT molecular complexity index is 4920. The number of benzene rings is 3. The molecule has 12 aromatic heterocycles. The molecule has 3 aromatic carbocycles. The second-order valence-electron chi connectivity index (χ2n) is 25.2. The Labute approximate surface area is 762 Å². The van der Waals surface area contributed by atoms with Crippen molar-refractivity contribution in [1.29, 1.82) is 0 Å². The van der Waals surface area contributed by atoms with E-state index in [1.807, 2.05) is 218 Å². The number of rotatable bonds is 24. The Kier molecular flexibility index (Phi) is 43.9. The number of hydrogen-bond donors (Lipinski definition) is 11. The summed E-state index contributed by atoms with van der Waals surface area (Å²) in [5.74, 6) is -11.1. The van der Waals surface area contributed by atoms with Gasteiger partial charge in [-0.1, -0.05) is 91.0 Å². The fraction of sp³-hybridized carbons (Fsp3) is 0.0870. The van der Waals surface area contributed by atoms with Gasteiger partial charge in [0.1, 0.15) is 25.3 Å². The molecule has 0 radical (unpaired) electrons. The van der Waals surface area contributed by atoms with Gasteiger partial charge in [0, 0.05) is 134 Å². The maximum atomic E-state index is 13.1. The summed E-state index contributed by atoms with van der Waals surface area (Å²) in [4.78, 5) is 126. The molecule has 0 saturated heterocycles. The minimum absolute atomic E-state index is 0. The molecule has 3 amide bonds. The Morgan fingerprint density at radius 1 is 0.254 bits per heavy atom. The number of ether oxygens (including phenoxy) is 2. The minimum atomic E-state index is -1.77. The van der Waals surface area contributed by atoms with E-state index in [-0.39, 0.29) is 59.4 Å². The van der Waals surface area contributed by atoms with E-state index in [1.165, 1.54) is 18.2 Å². The summed E-state index contributed by atoms with van der Waals surface area (Å²) in [7, 11) is 0. The third-order valence-corrected chi connectivity index (χ3v) is 16.6. The molecule has 12 heterocycles. The van der Waals surface area contributed by atoms with Crippen molar-refractivity contribution in [3.8, 4) is 103 Å². The van der Waals surface area contributed by atoms with Crippen molar-refractivity contribution in [3.63, 3.8) is 0 Å². The van der Waals surface area contributed by atoms with Crippen molar-refractivity contribution in [3.05, 3.63) is 364 Å². The first-order chi connectivity index (χ1) is 60.0. The van der Waals surface area contributed by atoms with E-state index in [9.17, 15) is 69.6 Å². The Balaban J connectivity index is 0.000000260. The summed E-state index contributed by atoms with van der Waals surface area (Å²) in [6.45, 7) is -4.26. The second kappa shape index (κ2) is 55.3. The molecule has 31 nitrogen and oxygen atoms in total. The molecule has 0 aliphatic rings. The van der Waals surface area contributed by atoms with Crippen molar-refractivity contribution in [2.75, 3.05) is 33.0 Å². The number of para-hydroxylation sites is 3. The number of carbonyl (C=O) groups excluding carboxylic acids is 5.